The van der Waals surface area contributed by atoms with Gasteiger partial charge in [-0.3, -0.25) is 14.6 Å². The van der Waals surface area contributed by atoms with Crippen LogP contribution < -0.4 is 4.90 Å². The lowest BCUT2D eigenvalue weighted by molar-refractivity contribution is 0.0841. The number of amides is 1. The van der Waals surface area contributed by atoms with Crippen LogP contribution >= 0.6 is 0 Å². The standard InChI is InChI=1S/C22H21N5O/c1-2-26-21(28)19-20(25(15-23-19)13-16-9-5-3-6-10-16)27-14-18(24-22(26)27)17-11-7-4-8-12-17/h3-12,15,18H,2,13-14H2,1H3/t18-/m0/s1. The summed E-state index contributed by atoms with van der Waals surface area (Å²) in [5.41, 5.74) is 2.83. The first-order valence-electron chi connectivity index (χ1n) is 9.57. The highest BCUT2D eigenvalue weighted by molar-refractivity contribution is 6.18. The highest BCUT2D eigenvalue weighted by Gasteiger charge is 2.42. The van der Waals surface area contributed by atoms with Crippen molar-refractivity contribution in [2.45, 2.75) is 19.5 Å². The number of anilines is 1. The van der Waals surface area contributed by atoms with E-state index in [1.807, 2.05) is 43.3 Å². The monoisotopic (exact) mass is 371 g/mol. The number of guanidine groups is 1. The Balaban J connectivity index is 1.57. The quantitative estimate of drug-likeness (QED) is 0.707. The molecule has 0 radical (unpaired) electrons. The summed E-state index contributed by atoms with van der Waals surface area (Å²) in [6.07, 6.45) is 1.77. The highest BCUT2D eigenvalue weighted by atomic mass is 16.2. The summed E-state index contributed by atoms with van der Waals surface area (Å²) in [6, 6.07) is 20.5. The van der Waals surface area contributed by atoms with Crippen LogP contribution in [0, 0.1) is 0 Å². The number of carbonyl (C=O) groups is 1. The molecule has 5 rings (SSSR count). The van der Waals surface area contributed by atoms with Crippen LogP contribution in [-0.4, -0.2) is 39.4 Å². The predicted octanol–water partition coefficient (Wildman–Crippen LogP) is 3.32. The van der Waals surface area contributed by atoms with Crippen molar-refractivity contribution in [3.05, 3.63) is 83.8 Å². The van der Waals surface area contributed by atoms with Crippen LogP contribution in [0.15, 0.2) is 72.0 Å². The van der Waals surface area contributed by atoms with E-state index >= 15 is 0 Å². The first-order chi connectivity index (χ1) is 13.8. The topological polar surface area (TPSA) is 53.7 Å². The molecule has 140 valence electrons. The van der Waals surface area contributed by atoms with Crippen LogP contribution in [0.5, 0.6) is 0 Å². The van der Waals surface area contributed by atoms with Crippen molar-refractivity contribution in [2.24, 2.45) is 4.99 Å². The van der Waals surface area contributed by atoms with Gasteiger partial charge in [-0.1, -0.05) is 60.7 Å². The third-order valence-electron chi connectivity index (χ3n) is 5.32. The largest absolute Gasteiger partial charge is 0.312 e. The van der Waals surface area contributed by atoms with Gasteiger partial charge in [-0.25, -0.2) is 9.98 Å². The van der Waals surface area contributed by atoms with Crippen LogP contribution in [0.4, 0.5) is 5.82 Å². The molecule has 28 heavy (non-hydrogen) atoms. The zero-order valence-corrected chi connectivity index (χ0v) is 15.7. The maximum Gasteiger partial charge on any atom is 0.283 e. The molecule has 0 spiro atoms. The van der Waals surface area contributed by atoms with E-state index in [-0.39, 0.29) is 11.9 Å². The lowest BCUT2D eigenvalue weighted by Gasteiger charge is -2.33. The van der Waals surface area contributed by atoms with E-state index in [0.717, 1.165) is 17.3 Å². The zero-order valence-electron chi connectivity index (χ0n) is 15.7. The molecule has 1 atom stereocenters. The van der Waals surface area contributed by atoms with Gasteiger partial charge in [0.05, 0.1) is 25.5 Å². The number of hydrogen-bond acceptors (Lipinski definition) is 4. The fourth-order valence-electron chi connectivity index (χ4n) is 3.97. The number of hydrogen-bond donors (Lipinski definition) is 0. The summed E-state index contributed by atoms with van der Waals surface area (Å²) in [7, 11) is 0. The van der Waals surface area contributed by atoms with E-state index in [4.69, 9.17) is 4.99 Å². The Labute approximate surface area is 163 Å². The summed E-state index contributed by atoms with van der Waals surface area (Å²) in [5, 5.41) is 0. The second-order valence-corrected chi connectivity index (χ2v) is 7.05. The second-order valence-electron chi connectivity index (χ2n) is 7.05. The lowest BCUT2D eigenvalue weighted by Crippen LogP contribution is -2.50. The number of benzene rings is 2. The molecule has 0 bridgehead atoms. The predicted molar refractivity (Wildman–Crippen MR) is 108 cm³/mol. The van der Waals surface area contributed by atoms with E-state index in [1.165, 1.54) is 5.56 Å². The van der Waals surface area contributed by atoms with Crippen molar-refractivity contribution in [1.82, 2.24) is 14.5 Å². The second kappa shape index (κ2) is 6.64. The van der Waals surface area contributed by atoms with E-state index in [2.05, 4.69) is 38.7 Å². The number of fused-ring (bicyclic) bond motifs is 3. The Morgan fingerprint density at radius 1 is 1.04 bits per heavy atom. The summed E-state index contributed by atoms with van der Waals surface area (Å²) < 4.78 is 2.05. The molecule has 2 aromatic carbocycles. The molecule has 0 fully saturated rings. The summed E-state index contributed by atoms with van der Waals surface area (Å²) >= 11 is 0. The Morgan fingerprint density at radius 2 is 1.75 bits per heavy atom. The Morgan fingerprint density at radius 3 is 2.46 bits per heavy atom. The summed E-state index contributed by atoms with van der Waals surface area (Å²) in [4.78, 5) is 26.3. The number of aromatic nitrogens is 2. The smallest absolute Gasteiger partial charge is 0.283 e. The van der Waals surface area contributed by atoms with Crippen LogP contribution in [0.2, 0.25) is 0 Å². The molecule has 2 aliphatic rings. The molecule has 6 nitrogen and oxygen atoms in total. The van der Waals surface area contributed by atoms with Gasteiger partial charge in [-0.05, 0) is 18.1 Å². The minimum atomic E-state index is -0.0759. The number of imidazole rings is 1. The molecular formula is C22H21N5O. The minimum absolute atomic E-state index is 0.00377. The van der Waals surface area contributed by atoms with Crippen molar-refractivity contribution in [3.63, 3.8) is 0 Å². The van der Waals surface area contributed by atoms with Crippen LogP contribution in [-0.2, 0) is 6.54 Å². The van der Waals surface area contributed by atoms with Gasteiger partial charge in [0.2, 0.25) is 5.96 Å². The fraction of sp³-hybridized carbons (Fsp3) is 0.227. The van der Waals surface area contributed by atoms with Gasteiger partial charge < -0.3 is 4.57 Å². The van der Waals surface area contributed by atoms with Gasteiger partial charge in [0.15, 0.2) is 5.69 Å². The third-order valence-corrected chi connectivity index (χ3v) is 5.32. The molecule has 2 aliphatic heterocycles. The molecule has 0 saturated heterocycles. The van der Waals surface area contributed by atoms with Crippen LogP contribution in [0.3, 0.4) is 0 Å². The average molecular weight is 371 g/mol. The van der Waals surface area contributed by atoms with Crippen LogP contribution in [0.1, 0.15) is 34.6 Å². The molecule has 0 aliphatic carbocycles. The van der Waals surface area contributed by atoms with Crippen molar-refractivity contribution in [3.8, 4) is 0 Å². The van der Waals surface area contributed by atoms with E-state index in [9.17, 15) is 4.79 Å². The molecule has 0 N–H and O–H groups in total. The minimum Gasteiger partial charge on any atom is -0.312 e. The molecule has 0 saturated carbocycles. The highest BCUT2D eigenvalue weighted by Crippen LogP contribution is 2.36. The lowest BCUT2D eigenvalue weighted by atomic mass is 10.1. The van der Waals surface area contributed by atoms with Crippen molar-refractivity contribution >= 4 is 17.7 Å². The van der Waals surface area contributed by atoms with Crippen molar-refractivity contribution in [2.75, 3.05) is 18.0 Å². The number of carbonyl (C=O) groups excluding carboxylic acids is 1. The molecule has 3 aromatic rings. The molecule has 6 heteroatoms. The average Bonchev–Trinajstić information content (AvgIpc) is 3.35. The van der Waals surface area contributed by atoms with Gasteiger partial charge in [-0.2, -0.15) is 0 Å². The summed E-state index contributed by atoms with van der Waals surface area (Å²) in [5.74, 6) is 1.49. The van der Waals surface area contributed by atoms with Gasteiger partial charge in [0, 0.05) is 6.54 Å². The Bertz CT molecular complexity index is 1040. The van der Waals surface area contributed by atoms with E-state index in [0.29, 0.717) is 25.3 Å². The van der Waals surface area contributed by atoms with Gasteiger partial charge >= 0.3 is 0 Å². The normalized spacial score (nSPS) is 18.1. The van der Waals surface area contributed by atoms with Gasteiger partial charge in [0.1, 0.15) is 5.82 Å². The number of nitrogens with zero attached hydrogens (tertiary/aromatic N) is 5. The first-order valence-corrected chi connectivity index (χ1v) is 9.57. The van der Waals surface area contributed by atoms with Crippen molar-refractivity contribution < 1.29 is 4.79 Å². The Kier molecular flexibility index (Phi) is 3.97. The molecule has 1 aromatic heterocycles. The number of rotatable bonds is 4. The molecule has 3 heterocycles. The molecule has 1 amide bonds. The van der Waals surface area contributed by atoms with Crippen LogP contribution in [0.25, 0.3) is 0 Å². The third kappa shape index (κ3) is 2.60. The van der Waals surface area contributed by atoms with E-state index < -0.39 is 0 Å². The Hall–Kier alpha value is -3.41. The maximum absolute atomic E-state index is 13.0. The maximum atomic E-state index is 13.0. The van der Waals surface area contributed by atoms with E-state index in [1.54, 1.807) is 11.2 Å². The molecule has 0 unspecified atom stereocenters. The summed E-state index contributed by atoms with van der Waals surface area (Å²) in [6.45, 7) is 3.92. The fourth-order valence-corrected chi connectivity index (χ4v) is 3.97. The molecular weight excluding hydrogens is 350 g/mol. The van der Waals surface area contributed by atoms with Gasteiger partial charge in [0.25, 0.3) is 5.91 Å². The SMILES string of the molecule is CCN1C(=O)c2ncn(Cc3ccccc3)c2N2C[C@@H](c3ccccc3)N=C12. The van der Waals surface area contributed by atoms with Gasteiger partial charge in [-0.15, -0.1) is 0 Å². The van der Waals surface area contributed by atoms with Crippen molar-refractivity contribution in [1.29, 1.82) is 0 Å². The number of aliphatic imine (C=N–C) groups is 1. The zero-order chi connectivity index (χ0) is 19.1. The first kappa shape index (κ1) is 16.7.